The number of esters is 1. The van der Waals surface area contributed by atoms with E-state index in [1.165, 1.54) is 19.1 Å². The summed E-state index contributed by atoms with van der Waals surface area (Å²) < 4.78 is 4.69. The van der Waals surface area contributed by atoms with E-state index in [4.69, 9.17) is 14.9 Å². The molecule has 0 saturated heterocycles. The van der Waals surface area contributed by atoms with Crippen LogP contribution in [0.3, 0.4) is 0 Å². The molecule has 2 unspecified atom stereocenters. The Morgan fingerprint density at radius 3 is 2.21 bits per heavy atom. The van der Waals surface area contributed by atoms with Crippen molar-refractivity contribution in [2.75, 3.05) is 13.2 Å². The first-order valence-corrected chi connectivity index (χ1v) is 8.45. The molecule has 24 heavy (non-hydrogen) atoms. The van der Waals surface area contributed by atoms with Crippen LogP contribution in [0.5, 0.6) is 0 Å². The van der Waals surface area contributed by atoms with Crippen molar-refractivity contribution in [1.82, 2.24) is 0 Å². The van der Waals surface area contributed by atoms with Crippen molar-refractivity contribution in [2.24, 2.45) is 5.92 Å². The van der Waals surface area contributed by atoms with Crippen molar-refractivity contribution in [2.45, 2.75) is 65.9 Å². The van der Waals surface area contributed by atoms with Gasteiger partial charge in [-0.05, 0) is 31.9 Å². The summed E-state index contributed by atoms with van der Waals surface area (Å²) in [6, 6.07) is 0. The zero-order valence-corrected chi connectivity index (χ0v) is 15.3. The molecule has 0 heterocycles. The molecule has 2 atom stereocenters. The molecule has 140 valence electrons. The summed E-state index contributed by atoms with van der Waals surface area (Å²) in [7, 11) is 0. The Bertz CT molecular complexity index is 389. The number of hydrogen-bond donors (Lipinski definition) is 2. The highest BCUT2D eigenvalue weighted by Gasteiger charge is 2.07. The first-order valence-electron chi connectivity index (χ1n) is 8.45. The van der Waals surface area contributed by atoms with Crippen LogP contribution >= 0.6 is 0 Å². The van der Waals surface area contributed by atoms with Crippen molar-refractivity contribution < 1.29 is 29.3 Å². The highest BCUT2D eigenvalue weighted by Crippen LogP contribution is 2.02. The van der Waals surface area contributed by atoms with Crippen LogP contribution in [0.2, 0.25) is 0 Å². The van der Waals surface area contributed by atoms with Crippen molar-refractivity contribution in [3.05, 3.63) is 12.2 Å². The molecule has 0 amide bonds. The van der Waals surface area contributed by atoms with E-state index in [2.05, 4.69) is 6.92 Å². The van der Waals surface area contributed by atoms with Gasteiger partial charge in [0.15, 0.2) is 11.6 Å². The van der Waals surface area contributed by atoms with Crippen LogP contribution in [0, 0.1) is 5.92 Å². The molecule has 0 spiro atoms. The summed E-state index contributed by atoms with van der Waals surface area (Å²) >= 11 is 0. The van der Waals surface area contributed by atoms with Crippen LogP contribution in [0.25, 0.3) is 0 Å². The van der Waals surface area contributed by atoms with Crippen LogP contribution < -0.4 is 0 Å². The molecular formula is C18H32O6. The Hall–Kier alpha value is -1.53. The highest BCUT2D eigenvalue weighted by atomic mass is 16.5. The molecule has 0 fully saturated rings. The smallest absolute Gasteiger partial charge is 0.305 e. The molecule has 0 rings (SSSR count). The standard InChI is InChI=1S/C9H18O4.C9H14O2/c1-2-3-4-5-9(12)13-7-8(11)6-10;1-4-7(2)9(11)6-5-8(3)10/h8,10-11H,2-7H2,1H3;5-7H,4H2,1-3H3/b;6-5-. The molecule has 2 N–H and O–H groups in total. The second-order valence-corrected chi connectivity index (χ2v) is 5.63. The number of aliphatic hydroxyl groups excluding tert-OH is 2. The Morgan fingerprint density at radius 2 is 1.75 bits per heavy atom. The quantitative estimate of drug-likeness (QED) is 0.338. The van der Waals surface area contributed by atoms with Crippen molar-refractivity contribution in [3.63, 3.8) is 0 Å². The molecule has 0 saturated carbocycles. The molecule has 0 bridgehead atoms. The Morgan fingerprint density at radius 1 is 1.12 bits per heavy atom. The van der Waals surface area contributed by atoms with Crippen molar-refractivity contribution >= 4 is 17.5 Å². The van der Waals surface area contributed by atoms with Crippen LogP contribution in [0.15, 0.2) is 12.2 Å². The summed E-state index contributed by atoms with van der Waals surface area (Å²) in [5, 5.41) is 17.3. The van der Waals surface area contributed by atoms with Gasteiger partial charge in [0, 0.05) is 12.3 Å². The lowest BCUT2D eigenvalue weighted by Gasteiger charge is -2.07. The molecule has 0 aromatic rings. The Kier molecular flexibility index (Phi) is 16.8. The highest BCUT2D eigenvalue weighted by molar-refractivity contribution is 5.98. The molecule has 0 radical (unpaired) electrons. The van der Waals surface area contributed by atoms with Gasteiger partial charge >= 0.3 is 5.97 Å². The summed E-state index contributed by atoms with van der Waals surface area (Å²) in [6.45, 7) is 6.81. The van der Waals surface area contributed by atoms with Crippen LogP contribution in [-0.2, 0) is 19.1 Å². The number of unbranched alkanes of at least 4 members (excludes halogenated alkanes) is 2. The summed E-state index contributed by atoms with van der Waals surface area (Å²) in [5.41, 5.74) is 0. The lowest BCUT2D eigenvalue weighted by Crippen LogP contribution is -2.21. The van der Waals surface area contributed by atoms with Crippen LogP contribution in [0.1, 0.15) is 59.8 Å². The van der Waals surface area contributed by atoms with Gasteiger partial charge in [-0.3, -0.25) is 14.4 Å². The van der Waals surface area contributed by atoms with E-state index in [9.17, 15) is 14.4 Å². The number of carbonyl (C=O) groups excluding carboxylic acids is 3. The maximum absolute atomic E-state index is 11.0. The number of hydrogen-bond acceptors (Lipinski definition) is 6. The van der Waals surface area contributed by atoms with E-state index in [-0.39, 0.29) is 36.7 Å². The minimum atomic E-state index is -0.949. The lowest BCUT2D eigenvalue weighted by atomic mass is 10.0. The second kappa shape index (κ2) is 16.3. The SMILES string of the molecule is CCC(C)C(=O)/C=C\C(C)=O.CCCCCC(=O)OCC(O)CO. The number of aliphatic hydroxyl groups is 2. The molecule has 0 aromatic carbocycles. The van der Waals surface area contributed by atoms with E-state index in [1.807, 2.05) is 13.8 Å². The van der Waals surface area contributed by atoms with Gasteiger partial charge in [-0.2, -0.15) is 0 Å². The molecule has 0 aliphatic carbocycles. The van der Waals surface area contributed by atoms with Gasteiger partial charge in [-0.1, -0.05) is 33.6 Å². The second-order valence-electron chi connectivity index (χ2n) is 5.63. The average molecular weight is 344 g/mol. The van der Waals surface area contributed by atoms with Gasteiger partial charge in [0.25, 0.3) is 0 Å². The number of rotatable bonds is 11. The van der Waals surface area contributed by atoms with Crippen LogP contribution in [0.4, 0.5) is 0 Å². The third-order valence-corrected chi connectivity index (χ3v) is 3.21. The number of allylic oxidation sites excluding steroid dienone is 2. The van der Waals surface area contributed by atoms with Crippen molar-refractivity contribution in [3.8, 4) is 0 Å². The topological polar surface area (TPSA) is 101 Å². The summed E-state index contributed by atoms with van der Waals surface area (Å²) in [4.78, 5) is 32.4. The largest absolute Gasteiger partial charge is 0.463 e. The maximum Gasteiger partial charge on any atom is 0.305 e. The minimum absolute atomic E-state index is 0.0303. The van der Waals surface area contributed by atoms with Gasteiger partial charge in [0.2, 0.25) is 0 Å². The van der Waals surface area contributed by atoms with E-state index >= 15 is 0 Å². The molecule has 0 aliphatic rings. The van der Waals surface area contributed by atoms with Gasteiger partial charge in [-0.25, -0.2) is 0 Å². The van der Waals surface area contributed by atoms with Crippen molar-refractivity contribution in [1.29, 1.82) is 0 Å². The fourth-order valence-corrected chi connectivity index (χ4v) is 1.40. The van der Waals surface area contributed by atoms with E-state index in [1.54, 1.807) is 0 Å². The third kappa shape index (κ3) is 16.8. The molecule has 0 aromatic heterocycles. The van der Waals surface area contributed by atoms with E-state index in [0.717, 1.165) is 25.7 Å². The Balaban J connectivity index is 0. The van der Waals surface area contributed by atoms with E-state index in [0.29, 0.717) is 6.42 Å². The van der Waals surface area contributed by atoms with Gasteiger partial charge in [-0.15, -0.1) is 0 Å². The number of ether oxygens (including phenoxy) is 1. The normalized spacial score (nSPS) is 12.9. The minimum Gasteiger partial charge on any atom is -0.463 e. The van der Waals surface area contributed by atoms with Gasteiger partial charge in [0.1, 0.15) is 12.7 Å². The monoisotopic (exact) mass is 344 g/mol. The van der Waals surface area contributed by atoms with Crippen LogP contribution in [-0.4, -0.2) is 47.1 Å². The zero-order valence-electron chi connectivity index (χ0n) is 15.3. The first kappa shape index (κ1) is 24.7. The average Bonchev–Trinajstić information content (AvgIpc) is 2.57. The van der Waals surface area contributed by atoms with Gasteiger partial charge < -0.3 is 14.9 Å². The predicted molar refractivity (Wildman–Crippen MR) is 92.5 cm³/mol. The first-order chi connectivity index (χ1) is 11.3. The lowest BCUT2D eigenvalue weighted by molar-refractivity contribution is -0.147. The number of carbonyl (C=O) groups is 3. The van der Waals surface area contributed by atoms with E-state index < -0.39 is 6.10 Å². The fraction of sp³-hybridized carbons (Fsp3) is 0.722. The number of ketones is 2. The Labute approximate surface area is 144 Å². The predicted octanol–water partition coefficient (Wildman–Crippen LogP) is 2.21. The third-order valence-electron chi connectivity index (χ3n) is 3.21. The summed E-state index contributed by atoms with van der Waals surface area (Å²) in [5.74, 6) is -0.323. The molecular weight excluding hydrogens is 312 g/mol. The van der Waals surface area contributed by atoms with Gasteiger partial charge in [0.05, 0.1) is 6.61 Å². The molecule has 0 aliphatic heterocycles. The maximum atomic E-state index is 11.0. The molecule has 6 heteroatoms. The summed E-state index contributed by atoms with van der Waals surface area (Å²) in [6.07, 6.45) is 5.84. The zero-order chi connectivity index (χ0) is 19.0. The fourth-order valence-electron chi connectivity index (χ4n) is 1.40. The molecule has 6 nitrogen and oxygen atoms in total.